The average Bonchev–Trinajstić information content (AvgIpc) is 3.02. The van der Waals surface area contributed by atoms with E-state index >= 15 is 0 Å². The molecule has 0 saturated carbocycles. The van der Waals surface area contributed by atoms with Crippen LogP contribution in [0.15, 0.2) is 22.9 Å². The van der Waals surface area contributed by atoms with Crippen molar-refractivity contribution in [1.29, 1.82) is 0 Å². The Balaban J connectivity index is 1.83. The van der Waals surface area contributed by atoms with Crippen molar-refractivity contribution in [2.24, 2.45) is 0 Å². The van der Waals surface area contributed by atoms with Crippen molar-refractivity contribution in [2.75, 3.05) is 31.2 Å². The van der Waals surface area contributed by atoms with E-state index in [-0.39, 0.29) is 12.1 Å². The Bertz CT molecular complexity index is 688. The number of morpholine rings is 1. The number of hydrogen-bond donors (Lipinski definition) is 0. The Morgan fingerprint density at radius 2 is 2.39 bits per heavy atom. The fourth-order valence-corrected chi connectivity index (χ4v) is 2.46. The van der Waals surface area contributed by atoms with Crippen LogP contribution in [0.5, 0.6) is 0 Å². The second kappa shape index (κ2) is 6.74. The molecule has 0 amide bonds. The normalized spacial score (nSPS) is 18.0. The number of ether oxygens (including phenoxy) is 2. The molecular weight excluding hydrogens is 300 g/mol. The fraction of sp³-hybridized carbons (Fsp3) is 0.467. The maximum absolute atomic E-state index is 12.1. The molecule has 1 aliphatic rings. The highest BCUT2D eigenvalue weighted by Crippen LogP contribution is 2.26. The van der Waals surface area contributed by atoms with Gasteiger partial charge in [-0.15, -0.1) is 0 Å². The van der Waals surface area contributed by atoms with Gasteiger partial charge in [-0.05, 0) is 19.1 Å². The molecular formula is C15H18N4O4. The Morgan fingerprint density at radius 1 is 1.52 bits per heavy atom. The Hall–Kier alpha value is -2.48. The average molecular weight is 318 g/mol. The van der Waals surface area contributed by atoms with E-state index in [2.05, 4.69) is 15.1 Å². The van der Waals surface area contributed by atoms with Crippen LogP contribution in [-0.4, -0.2) is 47.4 Å². The lowest BCUT2D eigenvalue weighted by Gasteiger charge is -2.33. The SMILES string of the molecule is CCOC(=O)c1cccnc1N1CCO[C@@H](c2noc(C)n2)C1. The third-order valence-electron chi connectivity index (χ3n) is 3.48. The number of aromatic nitrogens is 3. The van der Waals surface area contributed by atoms with Crippen molar-refractivity contribution >= 4 is 11.8 Å². The molecule has 0 aliphatic carbocycles. The molecule has 2 aromatic rings. The summed E-state index contributed by atoms with van der Waals surface area (Å²) in [6.45, 7) is 5.42. The monoisotopic (exact) mass is 318 g/mol. The smallest absolute Gasteiger partial charge is 0.341 e. The zero-order valence-corrected chi connectivity index (χ0v) is 13.1. The molecule has 1 atom stereocenters. The number of anilines is 1. The minimum absolute atomic E-state index is 0.320. The van der Waals surface area contributed by atoms with Crippen LogP contribution in [0.3, 0.4) is 0 Å². The van der Waals surface area contributed by atoms with Crippen molar-refractivity contribution in [3.63, 3.8) is 0 Å². The van der Waals surface area contributed by atoms with E-state index in [1.165, 1.54) is 0 Å². The quantitative estimate of drug-likeness (QED) is 0.784. The largest absolute Gasteiger partial charge is 0.462 e. The van der Waals surface area contributed by atoms with Gasteiger partial charge in [0.2, 0.25) is 11.7 Å². The molecule has 0 aromatic carbocycles. The van der Waals surface area contributed by atoms with Gasteiger partial charge in [0.1, 0.15) is 17.5 Å². The van der Waals surface area contributed by atoms with Gasteiger partial charge in [0.05, 0.1) is 19.8 Å². The highest BCUT2D eigenvalue weighted by atomic mass is 16.5. The lowest BCUT2D eigenvalue weighted by molar-refractivity contribution is 0.0320. The van der Waals surface area contributed by atoms with Crippen LogP contribution in [0.2, 0.25) is 0 Å². The molecule has 0 N–H and O–H groups in total. The van der Waals surface area contributed by atoms with Gasteiger partial charge in [0.25, 0.3) is 0 Å². The molecule has 8 heteroatoms. The second-order valence-electron chi connectivity index (χ2n) is 5.07. The van der Waals surface area contributed by atoms with Gasteiger partial charge in [0, 0.05) is 19.7 Å². The highest BCUT2D eigenvalue weighted by molar-refractivity contribution is 5.94. The van der Waals surface area contributed by atoms with E-state index in [9.17, 15) is 4.79 Å². The van der Waals surface area contributed by atoms with Gasteiger partial charge in [-0.1, -0.05) is 5.16 Å². The summed E-state index contributed by atoms with van der Waals surface area (Å²) in [4.78, 5) is 22.6. The molecule has 1 aliphatic heterocycles. The van der Waals surface area contributed by atoms with Gasteiger partial charge >= 0.3 is 5.97 Å². The van der Waals surface area contributed by atoms with Gasteiger partial charge in [0.15, 0.2) is 0 Å². The molecule has 122 valence electrons. The van der Waals surface area contributed by atoms with Crippen LogP contribution in [-0.2, 0) is 9.47 Å². The van der Waals surface area contributed by atoms with E-state index in [1.54, 1.807) is 32.2 Å². The Morgan fingerprint density at radius 3 is 3.13 bits per heavy atom. The van der Waals surface area contributed by atoms with Crippen molar-refractivity contribution in [2.45, 2.75) is 20.0 Å². The summed E-state index contributed by atoms with van der Waals surface area (Å²) in [5.74, 6) is 1.19. The summed E-state index contributed by atoms with van der Waals surface area (Å²) in [6, 6.07) is 3.43. The lowest BCUT2D eigenvalue weighted by Crippen LogP contribution is -2.40. The number of nitrogens with zero attached hydrogens (tertiary/aromatic N) is 4. The van der Waals surface area contributed by atoms with Crippen LogP contribution in [0.25, 0.3) is 0 Å². The van der Waals surface area contributed by atoms with Crippen molar-refractivity contribution in [3.8, 4) is 0 Å². The van der Waals surface area contributed by atoms with Crippen molar-refractivity contribution in [3.05, 3.63) is 35.6 Å². The van der Waals surface area contributed by atoms with Gasteiger partial charge in [-0.3, -0.25) is 0 Å². The second-order valence-corrected chi connectivity index (χ2v) is 5.07. The first-order valence-electron chi connectivity index (χ1n) is 7.48. The van der Waals surface area contributed by atoms with E-state index < -0.39 is 0 Å². The molecule has 1 fully saturated rings. The zero-order valence-electron chi connectivity index (χ0n) is 13.1. The maximum atomic E-state index is 12.1. The molecule has 23 heavy (non-hydrogen) atoms. The number of carbonyl (C=O) groups excluding carboxylic acids is 1. The molecule has 3 heterocycles. The third-order valence-corrected chi connectivity index (χ3v) is 3.48. The van der Waals surface area contributed by atoms with Crippen LogP contribution in [0, 0.1) is 6.92 Å². The fourth-order valence-electron chi connectivity index (χ4n) is 2.46. The summed E-state index contributed by atoms with van der Waals surface area (Å²) < 4.78 is 15.8. The van der Waals surface area contributed by atoms with E-state index in [4.69, 9.17) is 14.0 Å². The Labute approximate surface area is 133 Å². The summed E-state index contributed by atoms with van der Waals surface area (Å²) in [5.41, 5.74) is 0.444. The van der Waals surface area contributed by atoms with Crippen molar-refractivity contribution in [1.82, 2.24) is 15.1 Å². The van der Waals surface area contributed by atoms with E-state index in [1.807, 2.05) is 4.90 Å². The van der Waals surface area contributed by atoms with Gasteiger partial charge < -0.3 is 18.9 Å². The topological polar surface area (TPSA) is 90.6 Å². The minimum atomic E-state index is -0.381. The van der Waals surface area contributed by atoms with Crippen LogP contribution in [0.1, 0.15) is 35.1 Å². The first-order chi connectivity index (χ1) is 11.2. The number of esters is 1. The maximum Gasteiger partial charge on any atom is 0.341 e. The lowest BCUT2D eigenvalue weighted by atomic mass is 10.2. The first kappa shape index (κ1) is 15.4. The highest BCUT2D eigenvalue weighted by Gasteiger charge is 2.29. The molecule has 0 radical (unpaired) electrons. The molecule has 1 saturated heterocycles. The van der Waals surface area contributed by atoms with Crippen LogP contribution < -0.4 is 4.90 Å². The number of rotatable bonds is 4. The summed E-state index contributed by atoms with van der Waals surface area (Å²) in [5, 5.41) is 3.90. The standard InChI is InChI=1S/C15H18N4O4/c1-3-21-15(20)11-5-4-6-16-14(11)19-7-8-22-12(9-19)13-17-10(2)23-18-13/h4-6,12H,3,7-9H2,1-2H3/t12-/m1/s1. The summed E-state index contributed by atoms with van der Waals surface area (Å²) in [7, 11) is 0. The molecule has 0 unspecified atom stereocenters. The summed E-state index contributed by atoms with van der Waals surface area (Å²) in [6.07, 6.45) is 1.33. The van der Waals surface area contributed by atoms with Crippen molar-refractivity contribution < 1.29 is 18.8 Å². The number of pyridine rings is 1. The van der Waals surface area contributed by atoms with E-state index in [0.717, 1.165) is 0 Å². The van der Waals surface area contributed by atoms with Crippen LogP contribution >= 0.6 is 0 Å². The van der Waals surface area contributed by atoms with Gasteiger partial charge in [-0.25, -0.2) is 9.78 Å². The predicted octanol–water partition coefficient (Wildman–Crippen LogP) is 1.53. The number of hydrogen-bond acceptors (Lipinski definition) is 8. The molecule has 8 nitrogen and oxygen atoms in total. The molecule has 0 spiro atoms. The zero-order chi connectivity index (χ0) is 16.2. The van der Waals surface area contributed by atoms with Gasteiger partial charge in [-0.2, -0.15) is 4.98 Å². The molecule has 0 bridgehead atoms. The van der Waals surface area contributed by atoms with E-state index in [0.29, 0.717) is 49.4 Å². The minimum Gasteiger partial charge on any atom is -0.462 e. The Kier molecular flexibility index (Phi) is 4.52. The predicted molar refractivity (Wildman–Crippen MR) is 80.1 cm³/mol. The molecule has 3 rings (SSSR count). The van der Waals surface area contributed by atoms with Crippen LogP contribution in [0.4, 0.5) is 5.82 Å². The third kappa shape index (κ3) is 3.31. The summed E-state index contributed by atoms with van der Waals surface area (Å²) >= 11 is 0. The first-order valence-corrected chi connectivity index (χ1v) is 7.48. The number of carbonyl (C=O) groups is 1. The number of aryl methyl sites for hydroxylation is 1. The molecule has 2 aromatic heterocycles.